The molecule has 2 fully saturated rings. The summed E-state index contributed by atoms with van der Waals surface area (Å²) in [5.41, 5.74) is 0. The largest absolute Gasteiger partial charge is 0.387 e. The van der Waals surface area contributed by atoms with E-state index in [9.17, 15) is 9.90 Å². The number of hydrogen-bond acceptors (Lipinski definition) is 5. The zero-order chi connectivity index (χ0) is 14.7. The highest BCUT2D eigenvalue weighted by Crippen LogP contribution is 2.30. The number of nitrogens with zero attached hydrogens (tertiary/aromatic N) is 1. The molecule has 116 valence electrons. The average Bonchev–Trinajstić information content (AvgIpc) is 3.19. The van der Waals surface area contributed by atoms with Gasteiger partial charge >= 0.3 is 0 Å². The lowest BCUT2D eigenvalue weighted by atomic mass is 10.1. The zero-order valence-electron chi connectivity index (χ0n) is 12.0. The van der Waals surface area contributed by atoms with E-state index in [-0.39, 0.29) is 18.1 Å². The van der Waals surface area contributed by atoms with Gasteiger partial charge < -0.3 is 20.1 Å². The van der Waals surface area contributed by atoms with E-state index >= 15 is 0 Å². The minimum absolute atomic E-state index is 0.0723. The van der Waals surface area contributed by atoms with Gasteiger partial charge in [0.2, 0.25) is 0 Å². The molecule has 3 atom stereocenters. The summed E-state index contributed by atoms with van der Waals surface area (Å²) in [6.07, 6.45) is 1.75. The van der Waals surface area contributed by atoms with Gasteiger partial charge in [-0.15, -0.1) is 11.3 Å². The van der Waals surface area contributed by atoms with Gasteiger partial charge in [0.1, 0.15) is 6.10 Å². The summed E-state index contributed by atoms with van der Waals surface area (Å²) in [6, 6.07) is 4.02. The van der Waals surface area contributed by atoms with Gasteiger partial charge in [-0.25, -0.2) is 0 Å². The molecule has 3 rings (SSSR count). The molecule has 1 aromatic heterocycles. The van der Waals surface area contributed by atoms with Crippen LogP contribution >= 0.6 is 11.3 Å². The SMILES string of the molecule is O=C(C1CNCCO1)N1CCCC1CC(O)c1cccs1. The van der Waals surface area contributed by atoms with Gasteiger partial charge in [-0.2, -0.15) is 0 Å². The number of aliphatic hydroxyl groups is 1. The molecule has 0 saturated carbocycles. The first-order valence-electron chi connectivity index (χ1n) is 7.60. The lowest BCUT2D eigenvalue weighted by Crippen LogP contribution is -2.50. The lowest BCUT2D eigenvalue weighted by Gasteiger charge is -2.31. The number of aliphatic hydroxyl groups excluding tert-OH is 1. The van der Waals surface area contributed by atoms with Crippen molar-refractivity contribution >= 4 is 17.2 Å². The van der Waals surface area contributed by atoms with E-state index in [0.717, 1.165) is 30.8 Å². The molecule has 6 heteroatoms. The summed E-state index contributed by atoms with van der Waals surface area (Å²) < 4.78 is 5.56. The highest BCUT2D eigenvalue weighted by Gasteiger charge is 2.35. The van der Waals surface area contributed by atoms with Gasteiger partial charge in [-0.05, 0) is 30.7 Å². The van der Waals surface area contributed by atoms with Crippen LogP contribution in [-0.2, 0) is 9.53 Å². The average molecular weight is 310 g/mol. The van der Waals surface area contributed by atoms with Crippen molar-refractivity contribution in [3.63, 3.8) is 0 Å². The molecule has 0 aromatic carbocycles. The van der Waals surface area contributed by atoms with Crippen LogP contribution in [0, 0.1) is 0 Å². The molecule has 3 unspecified atom stereocenters. The highest BCUT2D eigenvalue weighted by molar-refractivity contribution is 7.10. The Morgan fingerprint density at radius 1 is 1.62 bits per heavy atom. The maximum absolute atomic E-state index is 12.6. The van der Waals surface area contributed by atoms with Crippen LogP contribution < -0.4 is 5.32 Å². The normalized spacial score (nSPS) is 27.8. The van der Waals surface area contributed by atoms with Crippen LogP contribution in [0.15, 0.2) is 17.5 Å². The Bertz CT molecular complexity index is 459. The Kier molecular flexibility index (Phi) is 4.90. The van der Waals surface area contributed by atoms with Gasteiger partial charge in [0.15, 0.2) is 0 Å². The van der Waals surface area contributed by atoms with E-state index in [2.05, 4.69) is 5.32 Å². The summed E-state index contributed by atoms with van der Waals surface area (Å²) in [5.74, 6) is 0.0723. The van der Waals surface area contributed by atoms with Crippen LogP contribution in [0.5, 0.6) is 0 Å². The Labute approximate surface area is 128 Å². The maximum Gasteiger partial charge on any atom is 0.253 e. The standard InChI is InChI=1S/C15H22N2O3S/c18-12(14-4-2-8-21-14)9-11-3-1-6-17(11)15(19)13-10-16-5-7-20-13/h2,4,8,11-13,16,18H,1,3,5-7,9-10H2. The van der Waals surface area contributed by atoms with Crippen LogP contribution in [0.2, 0.25) is 0 Å². The van der Waals surface area contributed by atoms with Gasteiger partial charge in [-0.3, -0.25) is 4.79 Å². The van der Waals surface area contributed by atoms with Crippen LogP contribution in [-0.4, -0.2) is 54.3 Å². The van der Waals surface area contributed by atoms with Crippen molar-refractivity contribution in [3.8, 4) is 0 Å². The minimum atomic E-state index is -0.478. The third kappa shape index (κ3) is 3.45. The molecular formula is C15H22N2O3S. The summed E-state index contributed by atoms with van der Waals surface area (Å²) >= 11 is 1.56. The Morgan fingerprint density at radius 2 is 2.52 bits per heavy atom. The molecule has 0 bridgehead atoms. The van der Waals surface area contributed by atoms with E-state index in [4.69, 9.17) is 4.74 Å². The lowest BCUT2D eigenvalue weighted by molar-refractivity contribution is -0.146. The summed E-state index contributed by atoms with van der Waals surface area (Å²) in [4.78, 5) is 15.4. The van der Waals surface area contributed by atoms with Crippen molar-refractivity contribution in [1.29, 1.82) is 0 Å². The zero-order valence-corrected chi connectivity index (χ0v) is 12.8. The number of carbonyl (C=O) groups is 1. The molecule has 0 aliphatic carbocycles. The van der Waals surface area contributed by atoms with Crippen LogP contribution in [0.1, 0.15) is 30.2 Å². The molecule has 2 aliphatic heterocycles. The van der Waals surface area contributed by atoms with Crippen molar-refractivity contribution in [2.45, 2.75) is 37.5 Å². The number of ether oxygens (including phenoxy) is 1. The molecule has 1 aromatic rings. The monoisotopic (exact) mass is 310 g/mol. The topological polar surface area (TPSA) is 61.8 Å². The molecule has 2 saturated heterocycles. The first kappa shape index (κ1) is 15.0. The van der Waals surface area contributed by atoms with E-state index in [1.54, 1.807) is 11.3 Å². The quantitative estimate of drug-likeness (QED) is 0.876. The fourth-order valence-electron chi connectivity index (χ4n) is 3.13. The van der Waals surface area contributed by atoms with E-state index in [1.807, 2.05) is 22.4 Å². The van der Waals surface area contributed by atoms with Crippen LogP contribution in [0.3, 0.4) is 0 Å². The van der Waals surface area contributed by atoms with E-state index in [1.165, 1.54) is 0 Å². The van der Waals surface area contributed by atoms with Gasteiger partial charge in [-0.1, -0.05) is 6.07 Å². The number of carbonyl (C=O) groups excluding carboxylic acids is 1. The fraction of sp³-hybridized carbons (Fsp3) is 0.667. The molecule has 1 amide bonds. The third-order valence-electron chi connectivity index (χ3n) is 4.23. The summed E-state index contributed by atoms with van der Waals surface area (Å²) in [7, 11) is 0. The third-order valence-corrected chi connectivity index (χ3v) is 5.20. The Hall–Kier alpha value is -0.950. The summed E-state index contributed by atoms with van der Waals surface area (Å²) in [5, 5.41) is 15.5. The molecule has 5 nitrogen and oxygen atoms in total. The maximum atomic E-state index is 12.6. The van der Waals surface area contributed by atoms with Crippen molar-refractivity contribution in [2.24, 2.45) is 0 Å². The first-order chi connectivity index (χ1) is 10.3. The Balaban J connectivity index is 1.60. The molecule has 2 aliphatic rings. The highest BCUT2D eigenvalue weighted by atomic mass is 32.1. The van der Waals surface area contributed by atoms with Gasteiger partial charge in [0, 0.05) is 30.6 Å². The van der Waals surface area contributed by atoms with Crippen LogP contribution in [0.25, 0.3) is 0 Å². The number of morpholine rings is 1. The van der Waals surface area contributed by atoms with Gasteiger partial charge in [0.05, 0.1) is 12.7 Å². The Morgan fingerprint density at radius 3 is 3.24 bits per heavy atom. The number of nitrogens with one attached hydrogen (secondary N) is 1. The minimum Gasteiger partial charge on any atom is -0.387 e. The molecule has 21 heavy (non-hydrogen) atoms. The van der Waals surface area contributed by atoms with E-state index < -0.39 is 6.10 Å². The number of rotatable bonds is 4. The van der Waals surface area contributed by atoms with Crippen molar-refractivity contribution in [1.82, 2.24) is 10.2 Å². The first-order valence-corrected chi connectivity index (χ1v) is 8.48. The second-order valence-corrected chi connectivity index (χ2v) is 6.64. The van der Waals surface area contributed by atoms with Crippen molar-refractivity contribution in [3.05, 3.63) is 22.4 Å². The fourth-order valence-corrected chi connectivity index (χ4v) is 3.86. The molecule has 0 spiro atoms. The van der Waals surface area contributed by atoms with Crippen molar-refractivity contribution < 1.29 is 14.6 Å². The number of thiophene rings is 1. The summed E-state index contributed by atoms with van der Waals surface area (Å²) in [6.45, 7) is 2.77. The second-order valence-electron chi connectivity index (χ2n) is 5.66. The second kappa shape index (κ2) is 6.87. The molecule has 3 heterocycles. The molecular weight excluding hydrogens is 288 g/mol. The smallest absolute Gasteiger partial charge is 0.253 e. The number of amides is 1. The van der Waals surface area contributed by atoms with E-state index in [0.29, 0.717) is 19.6 Å². The number of likely N-dealkylation sites (tertiary alicyclic amines) is 1. The predicted molar refractivity (Wildman–Crippen MR) is 81.2 cm³/mol. The molecule has 2 N–H and O–H groups in total. The number of hydrogen-bond donors (Lipinski definition) is 2. The van der Waals surface area contributed by atoms with Gasteiger partial charge in [0.25, 0.3) is 5.91 Å². The molecule has 0 radical (unpaired) electrons. The predicted octanol–water partition coefficient (Wildman–Crippen LogP) is 1.15. The van der Waals surface area contributed by atoms with Crippen molar-refractivity contribution in [2.75, 3.05) is 26.2 Å². The van der Waals surface area contributed by atoms with Crippen LogP contribution in [0.4, 0.5) is 0 Å².